The standard InChI is InChI=1S/C13H23N3O3/c1-4-13(5-2,18-6-3)10-15-11(19-16-10)12(17)7-8-14-9-12/h14,17H,4-9H2,1-3H3. The van der Waals surface area contributed by atoms with Gasteiger partial charge in [-0.2, -0.15) is 4.98 Å². The third-order valence-corrected chi connectivity index (χ3v) is 3.93. The summed E-state index contributed by atoms with van der Waals surface area (Å²) in [5.74, 6) is 0.827. The fourth-order valence-electron chi connectivity index (χ4n) is 2.57. The van der Waals surface area contributed by atoms with E-state index in [4.69, 9.17) is 9.26 Å². The van der Waals surface area contributed by atoms with E-state index in [9.17, 15) is 5.11 Å². The van der Waals surface area contributed by atoms with Crippen LogP contribution in [0.3, 0.4) is 0 Å². The van der Waals surface area contributed by atoms with Crippen LogP contribution < -0.4 is 5.32 Å². The zero-order valence-corrected chi connectivity index (χ0v) is 11.9. The Balaban J connectivity index is 2.28. The first kappa shape index (κ1) is 14.4. The fraction of sp³-hybridized carbons (Fsp3) is 0.846. The predicted octanol–water partition coefficient (Wildman–Crippen LogP) is 1.30. The summed E-state index contributed by atoms with van der Waals surface area (Å²) in [7, 11) is 0. The molecule has 0 saturated carbocycles. The first-order chi connectivity index (χ1) is 9.10. The van der Waals surface area contributed by atoms with Gasteiger partial charge in [0.05, 0.1) is 0 Å². The van der Waals surface area contributed by atoms with E-state index in [0.717, 1.165) is 19.4 Å². The maximum absolute atomic E-state index is 10.4. The second-order valence-corrected chi connectivity index (χ2v) is 5.02. The second-order valence-electron chi connectivity index (χ2n) is 5.02. The summed E-state index contributed by atoms with van der Waals surface area (Å²) >= 11 is 0. The van der Waals surface area contributed by atoms with Crippen molar-refractivity contribution in [3.05, 3.63) is 11.7 Å². The number of nitrogens with zero attached hydrogens (tertiary/aromatic N) is 2. The van der Waals surface area contributed by atoms with Crippen molar-refractivity contribution in [2.45, 2.75) is 51.2 Å². The van der Waals surface area contributed by atoms with Gasteiger partial charge >= 0.3 is 0 Å². The van der Waals surface area contributed by atoms with Crippen LogP contribution in [0.1, 0.15) is 51.7 Å². The topological polar surface area (TPSA) is 80.4 Å². The van der Waals surface area contributed by atoms with Crippen LogP contribution in [0.4, 0.5) is 0 Å². The van der Waals surface area contributed by atoms with Gasteiger partial charge in [0.25, 0.3) is 5.89 Å². The highest BCUT2D eigenvalue weighted by atomic mass is 16.5. The smallest absolute Gasteiger partial charge is 0.260 e. The van der Waals surface area contributed by atoms with Gasteiger partial charge in [-0.05, 0) is 32.7 Å². The number of aromatic nitrogens is 2. The van der Waals surface area contributed by atoms with Gasteiger partial charge in [0.15, 0.2) is 5.60 Å². The monoisotopic (exact) mass is 269 g/mol. The van der Waals surface area contributed by atoms with Crippen molar-refractivity contribution >= 4 is 0 Å². The van der Waals surface area contributed by atoms with Gasteiger partial charge in [-0.15, -0.1) is 0 Å². The third-order valence-electron chi connectivity index (χ3n) is 3.93. The highest BCUT2D eigenvalue weighted by molar-refractivity contribution is 5.08. The van der Waals surface area contributed by atoms with Crippen LogP contribution in [0, 0.1) is 0 Å². The number of aliphatic hydroxyl groups is 1. The zero-order valence-electron chi connectivity index (χ0n) is 11.9. The summed E-state index contributed by atoms with van der Waals surface area (Å²) in [5, 5.41) is 17.6. The number of rotatable bonds is 6. The highest BCUT2D eigenvalue weighted by Crippen LogP contribution is 2.33. The van der Waals surface area contributed by atoms with Gasteiger partial charge in [-0.3, -0.25) is 0 Å². The minimum Gasteiger partial charge on any atom is -0.379 e. The van der Waals surface area contributed by atoms with Gasteiger partial charge in [0.2, 0.25) is 5.82 Å². The highest BCUT2D eigenvalue weighted by Gasteiger charge is 2.41. The molecule has 0 spiro atoms. The molecule has 1 unspecified atom stereocenters. The van der Waals surface area contributed by atoms with Gasteiger partial charge in [-0.1, -0.05) is 19.0 Å². The van der Waals surface area contributed by atoms with E-state index in [0.29, 0.717) is 31.3 Å². The van der Waals surface area contributed by atoms with Crippen LogP contribution in [-0.4, -0.2) is 34.9 Å². The van der Waals surface area contributed by atoms with Crippen molar-refractivity contribution in [1.82, 2.24) is 15.5 Å². The maximum atomic E-state index is 10.4. The molecule has 0 radical (unpaired) electrons. The van der Waals surface area contributed by atoms with Crippen LogP contribution in [0.5, 0.6) is 0 Å². The van der Waals surface area contributed by atoms with Crippen LogP contribution in [-0.2, 0) is 15.9 Å². The Kier molecular flexibility index (Phi) is 4.23. The molecular formula is C13H23N3O3. The molecule has 1 aliphatic heterocycles. The van der Waals surface area contributed by atoms with Gasteiger partial charge in [0, 0.05) is 13.2 Å². The van der Waals surface area contributed by atoms with Gasteiger partial charge in [-0.25, -0.2) is 0 Å². The van der Waals surface area contributed by atoms with Gasteiger partial charge < -0.3 is 19.7 Å². The average molecular weight is 269 g/mol. The van der Waals surface area contributed by atoms with Gasteiger partial charge in [0.1, 0.15) is 5.60 Å². The van der Waals surface area contributed by atoms with Crippen molar-refractivity contribution < 1.29 is 14.4 Å². The molecule has 0 amide bonds. The molecule has 0 bridgehead atoms. The molecule has 1 aromatic heterocycles. The van der Waals surface area contributed by atoms with E-state index in [2.05, 4.69) is 15.5 Å². The summed E-state index contributed by atoms with van der Waals surface area (Å²) in [6, 6.07) is 0. The normalized spacial score (nSPS) is 24.0. The number of β-amino-alcohol motifs (C(OH)–C–C–N with tert-alkyl or cyclic N) is 1. The summed E-state index contributed by atoms with van der Waals surface area (Å²) in [5.41, 5.74) is -1.55. The van der Waals surface area contributed by atoms with Crippen molar-refractivity contribution in [3.63, 3.8) is 0 Å². The summed E-state index contributed by atoms with van der Waals surface area (Å²) in [6.45, 7) is 7.84. The van der Waals surface area contributed by atoms with Crippen molar-refractivity contribution in [3.8, 4) is 0 Å². The van der Waals surface area contributed by atoms with E-state index < -0.39 is 11.2 Å². The van der Waals surface area contributed by atoms with Crippen molar-refractivity contribution in [2.24, 2.45) is 0 Å². The average Bonchev–Trinajstić information content (AvgIpc) is 3.06. The molecule has 1 aromatic rings. The fourth-order valence-corrected chi connectivity index (χ4v) is 2.57. The molecule has 0 aromatic carbocycles. The number of nitrogens with one attached hydrogen (secondary N) is 1. The number of hydrogen-bond acceptors (Lipinski definition) is 6. The van der Waals surface area contributed by atoms with E-state index in [1.165, 1.54) is 0 Å². The molecule has 2 N–H and O–H groups in total. The molecule has 0 aliphatic carbocycles. The molecule has 1 aliphatic rings. The molecule has 6 heteroatoms. The Morgan fingerprint density at radius 3 is 2.68 bits per heavy atom. The Morgan fingerprint density at radius 1 is 1.42 bits per heavy atom. The summed E-state index contributed by atoms with van der Waals surface area (Å²) in [6.07, 6.45) is 2.13. The van der Waals surface area contributed by atoms with E-state index in [1.807, 2.05) is 20.8 Å². The first-order valence-electron chi connectivity index (χ1n) is 7.02. The van der Waals surface area contributed by atoms with Crippen LogP contribution in [0.2, 0.25) is 0 Å². The number of ether oxygens (including phenoxy) is 1. The molecule has 1 fully saturated rings. The quantitative estimate of drug-likeness (QED) is 0.810. The molecular weight excluding hydrogens is 246 g/mol. The SMILES string of the molecule is CCOC(CC)(CC)c1noc(C2(O)CCNC2)n1. The number of hydrogen-bond donors (Lipinski definition) is 2. The Hall–Kier alpha value is -0.980. The zero-order chi connectivity index (χ0) is 13.9. The summed E-state index contributed by atoms with van der Waals surface area (Å²) < 4.78 is 11.1. The predicted molar refractivity (Wildman–Crippen MR) is 69.6 cm³/mol. The summed E-state index contributed by atoms with van der Waals surface area (Å²) in [4.78, 5) is 4.40. The minimum absolute atomic E-state index is 0.290. The van der Waals surface area contributed by atoms with E-state index in [1.54, 1.807) is 0 Å². The minimum atomic E-state index is -1.04. The van der Waals surface area contributed by atoms with E-state index in [-0.39, 0.29) is 0 Å². The van der Waals surface area contributed by atoms with Crippen LogP contribution in [0.15, 0.2) is 4.52 Å². The molecule has 108 valence electrons. The van der Waals surface area contributed by atoms with E-state index >= 15 is 0 Å². The third kappa shape index (κ3) is 2.52. The second kappa shape index (κ2) is 5.56. The Bertz CT molecular complexity index is 409. The lowest BCUT2D eigenvalue weighted by molar-refractivity contribution is -0.0583. The lowest BCUT2D eigenvalue weighted by Crippen LogP contribution is -2.31. The first-order valence-corrected chi connectivity index (χ1v) is 7.02. The lowest BCUT2D eigenvalue weighted by atomic mass is 9.96. The largest absolute Gasteiger partial charge is 0.379 e. The molecule has 19 heavy (non-hydrogen) atoms. The van der Waals surface area contributed by atoms with Crippen LogP contribution >= 0.6 is 0 Å². The van der Waals surface area contributed by atoms with Crippen molar-refractivity contribution in [1.29, 1.82) is 0 Å². The maximum Gasteiger partial charge on any atom is 0.260 e. The molecule has 2 heterocycles. The molecule has 1 atom stereocenters. The molecule has 1 saturated heterocycles. The van der Waals surface area contributed by atoms with Crippen molar-refractivity contribution in [2.75, 3.05) is 19.7 Å². The van der Waals surface area contributed by atoms with Crippen LogP contribution in [0.25, 0.3) is 0 Å². The molecule has 6 nitrogen and oxygen atoms in total. The Morgan fingerprint density at radius 2 is 2.16 bits per heavy atom. The molecule has 2 rings (SSSR count). The Labute approximate surface area is 113 Å². The lowest BCUT2D eigenvalue weighted by Gasteiger charge is -2.27.